The second kappa shape index (κ2) is 8.49. The molecule has 1 amide bonds. The third-order valence-electron chi connectivity index (χ3n) is 4.24. The fraction of sp³-hybridized carbons (Fsp3) is 0.500. The van der Waals surface area contributed by atoms with Gasteiger partial charge in [0, 0.05) is 39.6 Å². The Labute approximate surface area is 152 Å². The summed E-state index contributed by atoms with van der Waals surface area (Å²) in [5.41, 5.74) is 2.63. The van der Waals surface area contributed by atoms with Crippen LogP contribution < -0.4 is 0 Å². The smallest absolute Gasteiger partial charge is 0.232 e. The molecule has 0 atom stereocenters. The van der Waals surface area contributed by atoms with E-state index in [4.69, 9.17) is 4.52 Å². The number of nitrogens with zero attached hydrogens (tertiary/aromatic N) is 4. The van der Waals surface area contributed by atoms with E-state index in [1.165, 1.54) is 22.9 Å². The Balaban J connectivity index is 1.38. The number of benzene rings is 1. The fourth-order valence-corrected chi connectivity index (χ4v) is 3.70. The fourth-order valence-electron chi connectivity index (χ4n) is 2.94. The summed E-state index contributed by atoms with van der Waals surface area (Å²) >= 11 is 1.54. The van der Waals surface area contributed by atoms with Gasteiger partial charge in [0.25, 0.3) is 0 Å². The molecule has 134 valence electrons. The van der Waals surface area contributed by atoms with Crippen LogP contribution in [0.15, 0.2) is 28.8 Å². The van der Waals surface area contributed by atoms with Crippen molar-refractivity contribution in [3.63, 3.8) is 0 Å². The highest BCUT2D eigenvalue weighted by molar-refractivity contribution is 7.99. The molecular weight excluding hydrogens is 336 g/mol. The molecule has 2 heterocycles. The lowest BCUT2D eigenvalue weighted by Gasteiger charge is -2.34. The number of carbonyl (C=O) groups excluding carboxylic acids is 1. The first kappa shape index (κ1) is 17.9. The summed E-state index contributed by atoms with van der Waals surface area (Å²) in [5.74, 6) is 2.48. The molecule has 1 aromatic carbocycles. The molecule has 0 unspecified atom stereocenters. The number of amides is 1. The quantitative estimate of drug-likeness (QED) is 0.787. The molecule has 1 aliphatic rings. The van der Waals surface area contributed by atoms with E-state index >= 15 is 0 Å². The van der Waals surface area contributed by atoms with Gasteiger partial charge in [0.05, 0.1) is 11.5 Å². The van der Waals surface area contributed by atoms with E-state index in [2.05, 4.69) is 46.2 Å². The van der Waals surface area contributed by atoms with Crippen LogP contribution in [0, 0.1) is 13.8 Å². The number of carbonyl (C=O) groups is 1. The van der Waals surface area contributed by atoms with Gasteiger partial charge in [-0.25, -0.2) is 0 Å². The topological polar surface area (TPSA) is 62.5 Å². The zero-order chi connectivity index (χ0) is 17.6. The number of piperazine rings is 1. The van der Waals surface area contributed by atoms with Crippen molar-refractivity contribution in [3.8, 4) is 0 Å². The van der Waals surface area contributed by atoms with Crippen LogP contribution in [-0.4, -0.2) is 57.8 Å². The van der Waals surface area contributed by atoms with Crippen molar-refractivity contribution in [2.24, 2.45) is 0 Å². The number of thioether (sulfide) groups is 1. The summed E-state index contributed by atoms with van der Waals surface area (Å²) in [6.45, 7) is 8.29. The Hall–Kier alpha value is -1.86. The average molecular weight is 360 g/mol. The number of hydrogen-bond acceptors (Lipinski definition) is 6. The minimum absolute atomic E-state index is 0.195. The monoisotopic (exact) mass is 360 g/mol. The van der Waals surface area contributed by atoms with E-state index in [-0.39, 0.29) is 5.91 Å². The number of aromatic nitrogens is 2. The molecule has 25 heavy (non-hydrogen) atoms. The van der Waals surface area contributed by atoms with Crippen LogP contribution in [0.1, 0.15) is 22.8 Å². The van der Waals surface area contributed by atoms with E-state index < -0.39 is 0 Å². The summed E-state index contributed by atoms with van der Waals surface area (Å²) in [6, 6.07) is 8.62. The standard InChI is InChI=1S/C18H24N4O2S/c1-14-4-3-5-16(10-14)11-21-6-8-22(9-7-21)18(23)13-25-12-17-19-15(2)24-20-17/h3-5,10H,6-9,11-13H2,1-2H3. The van der Waals surface area contributed by atoms with Crippen molar-refractivity contribution < 1.29 is 9.32 Å². The lowest BCUT2D eigenvalue weighted by Crippen LogP contribution is -2.48. The minimum atomic E-state index is 0.195. The molecule has 0 aliphatic carbocycles. The van der Waals surface area contributed by atoms with Gasteiger partial charge in [-0.1, -0.05) is 35.0 Å². The Morgan fingerprint density at radius 1 is 1.24 bits per heavy atom. The van der Waals surface area contributed by atoms with Crippen LogP contribution in [0.3, 0.4) is 0 Å². The Morgan fingerprint density at radius 2 is 2.04 bits per heavy atom. The normalized spacial score (nSPS) is 15.5. The van der Waals surface area contributed by atoms with Crippen molar-refractivity contribution in [2.75, 3.05) is 31.9 Å². The minimum Gasteiger partial charge on any atom is -0.340 e. The van der Waals surface area contributed by atoms with Crippen LogP contribution in [-0.2, 0) is 17.1 Å². The van der Waals surface area contributed by atoms with Crippen molar-refractivity contribution in [3.05, 3.63) is 47.1 Å². The number of rotatable bonds is 6. The molecule has 1 fully saturated rings. The maximum atomic E-state index is 12.3. The van der Waals surface area contributed by atoms with Crippen LogP contribution in [0.25, 0.3) is 0 Å². The van der Waals surface area contributed by atoms with Gasteiger partial charge in [0.1, 0.15) is 0 Å². The summed E-state index contributed by atoms with van der Waals surface area (Å²) in [4.78, 5) is 20.8. The van der Waals surface area contributed by atoms with Crippen LogP contribution in [0.4, 0.5) is 0 Å². The van der Waals surface area contributed by atoms with Gasteiger partial charge < -0.3 is 9.42 Å². The van der Waals surface area contributed by atoms with Crippen molar-refractivity contribution in [2.45, 2.75) is 26.1 Å². The molecule has 0 radical (unpaired) electrons. The molecule has 1 aliphatic heterocycles. The molecule has 1 aromatic heterocycles. The molecule has 3 rings (SSSR count). The van der Waals surface area contributed by atoms with Crippen LogP contribution in [0.5, 0.6) is 0 Å². The van der Waals surface area contributed by atoms with E-state index in [1.807, 2.05) is 4.90 Å². The third kappa shape index (κ3) is 5.31. The molecular formula is C18H24N4O2S. The molecule has 1 saturated heterocycles. The van der Waals surface area contributed by atoms with Gasteiger partial charge in [-0.2, -0.15) is 4.98 Å². The Morgan fingerprint density at radius 3 is 2.72 bits per heavy atom. The number of aryl methyl sites for hydroxylation is 2. The molecule has 6 nitrogen and oxygen atoms in total. The highest BCUT2D eigenvalue weighted by Crippen LogP contribution is 2.13. The third-order valence-corrected chi connectivity index (χ3v) is 5.15. The zero-order valence-corrected chi connectivity index (χ0v) is 15.6. The molecule has 7 heteroatoms. The van der Waals surface area contributed by atoms with Crippen molar-refractivity contribution >= 4 is 17.7 Å². The van der Waals surface area contributed by atoms with Gasteiger partial charge in [0.2, 0.25) is 11.8 Å². The zero-order valence-electron chi connectivity index (χ0n) is 14.8. The highest BCUT2D eigenvalue weighted by Gasteiger charge is 2.21. The van der Waals surface area contributed by atoms with Gasteiger partial charge in [-0.05, 0) is 12.5 Å². The van der Waals surface area contributed by atoms with E-state index in [0.29, 0.717) is 23.2 Å². The van der Waals surface area contributed by atoms with E-state index in [9.17, 15) is 4.79 Å². The van der Waals surface area contributed by atoms with Gasteiger partial charge >= 0.3 is 0 Å². The summed E-state index contributed by atoms with van der Waals surface area (Å²) in [5, 5.41) is 3.84. The largest absolute Gasteiger partial charge is 0.340 e. The maximum Gasteiger partial charge on any atom is 0.232 e. The molecule has 0 spiro atoms. The molecule has 0 saturated carbocycles. The first-order valence-electron chi connectivity index (χ1n) is 8.53. The summed E-state index contributed by atoms with van der Waals surface area (Å²) in [7, 11) is 0. The predicted octanol–water partition coefficient (Wildman–Crippen LogP) is 2.26. The summed E-state index contributed by atoms with van der Waals surface area (Å²) < 4.78 is 4.93. The average Bonchev–Trinajstić information content (AvgIpc) is 3.01. The van der Waals surface area contributed by atoms with Crippen molar-refractivity contribution in [1.29, 1.82) is 0 Å². The first-order valence-corrected chi connectivity index (χ1v) is 9.68. The number of hydrogen-bond donors (Lipinski definition) is 0. The molecule has 0 N–H and O–H groups in total. The van der Waals surface area contributed by atoms with E-state index in [1.54, 1.807) is 6.92 Å². The van der Waals surface area contributed by atoms with Gasteiger partial charge in [-0.15, -0.1) is 11.8 Å². The first-order chi connectivity index (χ1) is 12.1. The predicted molar refractivity (Wildman–Crippen MR) is 98.2 cm³/mol. The molecule has 0 bridgehead atoms. The van der Waals surface area contributed by atoms with Gasteiger partial charge in [0.15, 0.2) is 5.82 Å². The van der Waals surface area contributed by atoms with Crippen LogP contribution >= 0.6 is 11.8 Å². The highest BCUT2D eigenvalue weighted by atomic mass is 32.2. The van der Waals surface area contributed by atoms with Crippen molar-refractivity contribution in [1.82, 2.24) is 19.9 Å². The van der Waals surface area contributed by atoms with E-state index in [0.717, 1.165) is 32.7 Å². The van der Waals surface area contributed by atoms with Gasteiger partial charge in [-0.3, -0.25) is 9.69 Å². The maximum absolute atomic E-state index is 12.3. The lowest BCUT2D eigenvalue weighted by molar-refractivity contribution is -0.130. The Kier molecular flexibility index (Phi) is 6.09. The summed E-state index contributed by atoms with van der Waals surface area (Å²) in [6.07, 6.45) is 0. The lowest BCUT2D eigenvalue weighted by atomic mass is 10.1. The second-order valence-electron chi connectivity index (χ2n) is 6.37. The second-order valence-corrected chi connectivity index (χ2v) is 7.35. The molecule has 2 aromatic rings. The Bertz CT molecular complexity index is 711. The SMILES string of the molecule is Cc1cccc(CN2CCN(C(=O)CSCc3noc(C)n3)CC2)c1. The van der Waals surface area contributed by atoms with Crippen LogP contribution in [0.2, 0.25) is 0 Å².